The molecule has 0 N–H and O–H groups in total. The van der Waals surface area contributed by atoms with E-state index in [9.17, 15) is 17.6 Å². The van der Waals surface area contributed by atoms with Gasteiger partial charge in [-0.2, -0.15) is 0 Å². The zero-order valence-electron chi connectivity index (χ0n) is 11.5. The van der Waals surface area contributed by atoms with Gasteiger partial charge >= 0.3 is 0 Å². The van der Waals surface area contributed by atoms with E-state index in [2.05, 4.69) is 6.58 Å². The maximum absolute atomic E-state index is 13.8. The Balaban J connectivity index is 2.26. The summed E-state index contributed by atoms with van der Waals surface area (Å²) in [4.78, 5) is 0. The highest BCUT2D eigenvalue weighted by molar-refractivity contribution is 5.33. The van der Waals surface area contributed by atoms with Gasteiger partial charge in [0.2, 0.25) is 0 Å². The second-order valence-electron chi connectivity index (χ2n) is 4.95. The quantitative estimate of drug-likeness (QED) is 0.428. The van der Waals surface area contributed by atoms with Crippen molar-refractivity contribution in [1.82, 2.24) is 0 Å². The lowest BCUT2D eigenvalue weighted by molar-refractivity contribution is 0.433. The zero-order chi connectivity index (χ0) is 15.6. The molecule has 0 heterocycles. The van der Waals surface area contributed by atoms with Gasteiger partial charge in [0, 0.05) is 11.1 Å². The minimum absolute atomic E-state index is 0.249. The van der Waals surface area contributed by atoms with Crippen LogP contribution in [0.2, 0.25) is 0 Å². The maximum atomic E-state index is 13.8. The Bertz CT molecular complexity index is 646. The van der Waals surface area contributed by atoms with Crippen molar-refractivity contribution in [2.75, 3.05) is 0 Å². The van der Waals surface area contributed by atoms with Crippen LogP contribution in [0.5, 0.6) is 0 Å². The predicted octanol–water partition coefficient (Wildman–Crippen LogP) is 4.89. The fourth-order valence-electron chi connectivity index (χ4n) is 2.14. The van der Waals surface area contributed by atoms with Gasteiger partial charge in [-0.1, -0.05) is 42.5 Å². The Labute approximate surface area is 120 Å². The number of hydrogen-bond acceptors (Lipinski definition) is 0. The Hall–Kier alpha value is -2.10. The van der Waals surface area contributed by atoms with E-state index in [4.69, 9.17) is 0 Å². The van der Waals surface area contributed by atoms with E-state index in [1.165, 1.54) is 0 Å². The van der Waals surface area contributed by atoms with Crippen LogP contribution in [0, 0.1) is 30.2 Å². The number of hydrogen-bond donors (Lipinski definition) is 0. The fraction of sp³-hybridized carbons (Fsp3) is 0.176. The smallest absolute Gasteiger partial charge is 0.165 e. The summed E-state index contributed by atoms with van der Waals surface area (Å²) in [6.45, 7) is 4.73. The lowest BCUT2D eigenvalue weighted by Gasteiger charge is -2.11. The first-order valence-electron chi connectivity index (χ1n) is 6.43. The molecule has 0 amide bonds. The summed E-state index contributed by atoms with van der Waals surface area (Å²) in [7, 11) is 0. The second kappa shape index (κ2) is 6.12. The van der Waals surface area contributed by atoms with Crippen LogP contribution in [-0.4, -0.2) is 0 Å². The number of rotatable bonds is 4. The highest BCUT2D eigenvalue weighted by Gasteiger charge is 2.23. The summed E-state index contributed by atoms with van der Waals surface area (Å²) in [5, 5.41) is 0. The second-order valence-corrected chi connectivity index (χ2v) is 4.95. The fourth-order valence-corrected chi connectivity index (χ4v) is 2.14. The third-order valence-corrected chi connectivity index (χ3v) is 3.30. The Morgan fingerprint density at radius 1 is 0.857 bits per heavy atom. The minimum atomic E-state index is -1.35. The largest absolute Gasteiger partial charge is 0.203 e. The minimum Gasteiger partial charge on any atom is -0.203 e. The highest BCUT2D eigenvalue weighted by atomic mass is 19.2. The third-order valence-electron chi connectivity index (χ3n) is 3.30. The Morgan fingerprint density at radius 3 is 1.90 bits per heavy atom. The summed E-state index contributed by atoms with van der Waals surface area (Å²) < 4.78 is 54.6. The molecule has 0 nitrogen and oxygen atoms in total. The van der Waals surface area contributed by atoms with Gasteiger partial charge in [-0.25, -0.2) is 17.6 Å². The first-order chi connectivity index (χ1) is 9.91. The van der Waals surface area contributed by atoms with Gasteiger partial charge in [-0.05, 0) is 25.3 Å². The van der Waals surface area contributed by atoms with Gasteiger partial charge in [0.05, 0.1) is 0 Å². The SMILES string of the molecule is C=C(Cc1ccccc1)Cc1c(F)c(F)c(C)c(F)c1F. The zero-order valence-corrected chi connectivity index (χ0v) is 11.5. The van der Waals surface area contributed by atoms with Crippen molar-refractivity contribution in [2.24, 2.45) is 0 Å². The highest BCUT2D eigenvalue weighted by Crippen LogP contribution is 2.26. The van der Waals surface area contributed by atoms with Crippen LogP contribution < -0.4 is 0 Å². The summed E-state index contributed by atoms with van der Waals surface area (Å²) in [5.74, 6) is -5.39. The monoisotopic (exact) mass is 294 g/mol. The topological polar surface area (TPSA) is 0 Å². The average Bonchev–Trinajstić information content (AvgIpc) is 2.48. The molecule has 0 aromatic heterocycles. The molecular weight excluding hydrogens is 280 g/mol. The van der Waals surface area contributed by atoms with Crippen LogP contribution in [0.1, 0.15) is 16.7 Å². The van der Waals surface area contributed by atoms with Crippen LogP contribution in [0.4, 0.5) is 17.6 Å². The van der Waals surface area contributed by atoms with Gasteiger partial charge in [0.1, 0.15) is 0 Å². The maximum Gasteiger partial charge on any atom is 0.165 e. The van der Waals surface area contributed by atoms with Gasteiger partial charge < -0.3 is 0 Å². The van der Waals surface area contributed by atoms with E-state index in [0.717, 1.165) is 12.5 Å². The Kier molecular flexibility index (Phi) is 4.46. The molecule has 2 rings (SSSR count). The van der Waals surface area contributed by atoms with Crippen LogP contribution in [0.25, 0.3) is 0 Å². The van der Waals surface area contributed by atoms with Crippen LogP contribution in [0.15, 0.2) is 42.5 Å². The normalized spacial score (nSPS) is 10.7. The number of halogens is 4. The number of benzene rings is 2. The van der Waals surface area contributed by atoms with E-state index in [1.807, 2.05) is 30.3 Å². The van der Waals surface area contributed by atoms with E-state index in [0.29, 0.717) is 12.0 Å². The molecule has 0 spiro atoms. The van der Waals surface area contributed by atoms with Crippen molar-refractivity contribution < 1.29 is 17.6 Å². The first-order valence-corrected chi connectivity index (χ1v) is 6.43. The molecule has 0 saturated heterocycles. The molecule has 0 fully saturated rings. The molecule has 0 aliphatic carbocycles. The van der Waals surface area contributed by atoms with Gasteiger partial charge in [0.25, 0.3) is 0 Å². The van der Waals surface area contributed by atoms with Gasteiger partial charge in [-0.15, -0.1) is 0 Å². The lowest BCUT2D eigenvalue weighted by Crippen LogP contribution is -2.08. The van der Waals surface area contributed by atoms with Crippen LogP contribution in [0.3, 0.4) is 0 Å². The molecule has 0 bridgehead atoms. The first kappa shape index (κ1) is 15.3. The molecule has 4 heteroatoms. The molecule has 21 heavy (non-hydrogen) atoms. The summed E-state index contributed by atoms with van der Waals surface area (Å²) in [5.41, 5.74) is 0.122. The number of allylic oxidation sites excluding steroid dienone is 1. The van der Waals surface area contributed by atoms with Crippen molar-refractivity contribution in [3.8, 4) is 0 Å². The summed E-state index contributed by atoms with van der Waals surface area (Å²) in [6.07, 6.45) is 0.136. The Morgan fingerprint density at radius 2 is 1.38 bits per heavy atom. The molecule has 0 unspecified atom stereocenters. The summed E-state index contributed by atoms with van der Waals surface area (Å²) in [6, 6.07) is 9.18. The lowest BCUT2D eigenvalue weighted by atomic mass is 9.97. The third kappa shape index (κ3) is 3.15. The molecule has 2 aromatic rings. The van der Waals surface area contributed by atoms with Crippen LogP contribution >= 0.6 is 0 Å². The van der Waals surface area contributed by atoms with E-state index in [-0.39, 0.29) is 6.42 Å². The van der Waals surface area contributed by atoms with Crippen molar-refractivity contribution in [3.05, 3.63) is 82.4 Å². The van der Waals surface area contributed by atoms with Crippen molar-refractivity contribution >= 4 is 0 Å². The standard InChI is InChI=1S/C17H14F4/c1-10(8-12-6-4-3-5-7-12)9-13-16(20)14(18)11(2)15(19)17(13)21/h3-7H,1,8-9H2,2H3. The van der Waals surface area contributed by atoms with Crippen molar-refractivity contribution in [2.45, 2.75) is 19.8 Å². The summed E-state index contributed by atoms with van der Waals surface area (Å²) >= 11 is 0. The van der Waals surface area contributed by atoms with Gasteiger partial charge in [0.15, 0.2) is 23.3 Å². The van der Waals surface area contributed by atoms with E-state index in [1.54, 1.807) is 0 Å². The van der Waals surface area contributed by atoms with E-state index < -0.39 is 34.4 Å². The van der Waals surface area contributed by atoms with E-state index >= 15 is 0 Å². The predicted molar refractivity (Wildman–Crippen MR) is 74.0 cm³/mol. The molecule has 2 aromatic carbocycles. The molecule has 0 aliphatic rings. The molecule has 0 atom stereocenters. The van der Waals surface area contributed by atoms with Crippen molar-refractivity contribution in [3.63, 3.8) is 0 Å². The molecule has 0 saturated carbocycles. The molecular formula is C17H14F4. The molecule has 110 valence electrons. The van der Waals surface area contributed by atoms with Gasteiger partial charge in [-0.3, -0.25) is 0 Å². The molecule has 0 radical (unpaired) electrons. The average molecular weight is 294 g/mol. The van der Waals surface area contributed by atoms with Crippen LogP contribution in [-0.2, 0) is 12.8 Å². The molecule has 0 aliphatic heterocycles. The van der Waals surface area contributed by atoms with Crippen molar-refractivity contribution in [1.29, 1.82) is 0 Å².